The van der Waals surface area contributed by atoms with Crippen LogP contribution in [-0.2, 0) is 5.54 Å². The number of alkyl halides is 2. The molecule has 0 aromatic heterocycles. The van der Waals surface area contributed by atoms with Crippen LogP contribution in [0.1, 0.15) is 25.3 Å². The molecule has 20 heavy (non-hydrogen) atoms. The summed E-state index contributed by atoms with van der Waals surface area (Å²) in [6.07, 6.45) is 2.19. The van der Waals surface area contributed by atoms with Crippen molar-refractivity contribution in [2.24, 2.45) is 10.7 Å². The van der Waals surface area contributed by atoms with Crippen LogP contribution in [-0.4, -0.2) is 30.1 Å². The number of benzene rings is 1. The van der Waals surface area contributed by atoms with Crippen LogP contribution in [0.3, 0.4) is 0 Å². The molecule has 108 valence electrons. The molecule has 1 fully saturated rings. The van der Waals surface area contributed by atoms with Crippen LogP contribution in [0.2, 0.25) is 0 Å². The number of halogens is 2. The first-order valence-electron chi connectivity index (χ1n) is 6.65. The Labute approximate surface area is 116 Å². The van der Waals surface area contributed by atoms with Crippen molar-refractivity contribution in [2.45, 2.75) is 38.0 Å². The summed E-state index contributed by atoms with van der Waals surface area (Å²) in [4.78, 5) is 6.44. The van der Waals surface area contributed by atoms with Crippen molar-refractivity contribution >= 4 is 5.96 Å². The number of rotatable bonds is 4. The maximum absolute atomic E-state index is 12.3. The van der Waals surface area contributed by atoms with Gasteiger partial charge in [0.15, 0.2) is 5.96 Å². The highest BCUT2D eigenvalue weighted by molar-refractivity contribution is 5.82. The van der Waals surface area contributed by atoms with Crippen molar-refractivity contribution in [2.75, 3.05) is 6.54 Å². The summed E-state index contributed by atoms with van der Waals surface area (Å²) in [5.41, 5.74) is 6.49. The second-order valence-corrected chi connectivity index (χ2v) is 5.46. The Balaban J connectivity index is 1.91. The van der Waals surface area contributed by atoms with E-state index in [-0.39, 0.29) is 11.3 Å². The van der Waals surface area contributed by atoms with Gasteiger partial charge in [0, 0.05) is 6.04 Å². The van der Waals surface area contributed by atoms with Crippen LogP contribution in [0.5, 0.6) is 5.75 Å². The molecule has 0 radical (unpaired) electrons. The molecule has 1 aliphatic carbocycles. The Morgan fingerprint density at radius 2 is 2.20 bits per heavy atom. The fourth-order valence-electron chi connectivity index (χ4n) is 2.80. The number of guanidine groups is 1. The maximum atomic E-state index is 12.3. The van der Waals surface area contributed by atoms with Gasteiger partial charge in [-0.05, 0) is 37.5 Å². The number of aliphatic imine (C=N–C) groups is 1. The lowest BCUT2D eigenvalue weighted by Crippen LogP contribution is -2.48. The zero-order chi connectivity index (χ0) is 14.3. The highest BCUT2D eigenvalue weighted by Gasteiger charge is 2.46. The molecule has 1 unspecified atom stereocenters. The Morgan fingerprint density at radius 1 is 1.45 bits per heavy atom. The van der Waals surface area contributed by atoms with Crippen LogP contribution in [0.15, 0.2) is 29.3 Å². The van der Waals surface area contributed by atoms with Crippen LogP contribution < -0.4 is 10.5 Å². The molecule has 2 N–H and O–H groups in total. The topological polar surface area (TPSA) is 50.9 Å². The first-order chi connectivity index (χ1) is 9.50. The van der Waals surface area contributed by atoms with Crippen molar-refractivity contribution < 1.29 is 13.5 Å². The summed E-state index contributed by atoms with van der Waals surface area (Å²) in [6, 6.07) is 7.21. The van der Waals surface area contributed by atoms with E-state index in [0.717, 1.165) is 18.4 Å². The van der Waals surface area contributed by atoms with Crippen LogP contribution >= 0.6 is 0 Å². The van der Waals surface area contributed by atoms with Crippen LogP contribution in [0.25, 0.3) is 0 Å². The minimum Gasteiger partial charge on any atom is -0.435 e. The van der Waals surface area contributed by atoms with Crippen LogP contribution in [0.4, 0.5) is 8.78 Å². The third-order valence-electron chi connectivity index (χ3n) is 3.92. The van der Waals surface area contributed by atoms with E-state index in [2.05, 4.69) is 14.6 Å². The summed E-state index contributed by atoms with van der Waals surface area (Å²) < 4.78 is 29.1. The highest BCUT2D eigenvalue weighted by atomic mass is 19.3. The Morgan fingerprint density at radius 3 is 2.85 bits per heavy atom. The van der Waals surface area contributed by atoms with Gasteiger partial charge >= 0.3 is 6.61 Å². The molecular weight excluding hydrogens is 264 g/mol. The molecule has 1 aromatic carbocycles. The molecule has 1 saturated carbocycles. The lowest BCUT2D eigenvalue weighted by molar-refractivity contribution is -0.0499. The van der Waals surface area contributed by atoms with Gasteiger partial charge in [-0.15, -0.1) is 0 Å². The number of hydrogen-bond acceptors (Lipinski definition) is 4. The van der Waals surface area contributed by atoms with E-state index in [1.165, 1.54) is 6.07 Å². The number of hydrogen-bond donors (Lipinski definition) is 1. The van der Waals surface area contributed by atoms with Gasteiger partial charge in [-0.25, -0.2) is 0 Å². The summed E-state index contributed by atoms with van der Waals surface area (Å²) in [5.74, 6) is 0.704. The Kier molecular flexibility index (Phi) is 3.03. The average Bonchev–Trinajstić information content (AvgIpc) is 3.16. The predicted octanol–water partition coefficient (Wildman–Crippen LogP) is 2.30. The summed E-state index contributed by atoms with van der Waals surface area (Å²) >= 11 is 0. The van der Waals surface area contributed by atoms with E-state index in [4.69, 9.17) is 5.73 Å². The lowest BCUT2D eigenvalue weighted by atomic mass is 9.90. The summed E-state index contributed by atoms with van der Waals surface area (Å²) in [5, 5.41) is 0. The third-order valence-corrected chi connectivity index (χ3v) is 3.92. The highest BCUT2D eigenvalue weighted by Crippen LogP contribution is 2.41. The Hall–Kier alpha value is -1.85. The number of nitrogens with two attached hydrogens (primary N) is 1. The number of nitrogens with zero attached hydrogens (tertiary/aromatic N) is 2. The molecule has 1 atom stereocenters. The van der Waals surface area contributed by atoms with E-state index < -0.39 is 6.61 Å². The normalized spacial score (nSPS) is 26.0. The van der Waals surface area contributed by atoms with Gasteiger partial charge in [0.25, 0.3) is 0 Å². The van der Waals surface area contributed by atoms with Crippen LogP contribution in [0, 0.1) is 0 Å². The zero-order valence-corrected chi connectivity index (χ0v) is 11.2. The largest absolute Gasteiger partial charge is 0.435 e. The summed E-state index contributed by atoms with van der Waals surface area (Å²) in [6.45, 7) is -0.244. The predicted molar refractivity (Wildman–Crippen MR) is 71.8 cm³/mol. The molecule has 1 aliphatic heterocycles. The van der Waals surface area contributed by atoms with Crippen molar-refractivity contribution in [1.82, 2.24) is 4.90 Å². The SMILES string of the molecule is CC1(c2cccc(OC(F)F)c2)CN=C(N)N1C1CC1. The smallest absolute Gasteiger partial charge is 0.387 e. The molecule has 1 heterocycles. The second kappa shape index (κ2) is 4.61. The lowest BCUT2D eigenvalue weighted by Gasteiger charge is -2.37. The van der Waals surface area contributed by atoms with Crippen molar-refractivity contribution in [3.05, 3.63) is 29.8 Å². The molecule has 0 saturated heterocycles. The second-order valence-electron chi connectivity index (χ2n) is 5.46. The van der Waals surface area contributed by atoms with E-state index in [1.807, 2.05) is 13.0 Å². The molecule has 1 aromatic rings. The Bertz CT molecular complexity index is 545. The van der Waals surface area contributed by atoms with Gasteiger partial charge in [0.2, 0.25) is 0 Å². The first kappa shape index (κ1) is 13.1. The maximum Gasteiger partial charge on any atom is 0.387 e. The van der Waals surface area contributed by atoms with Gasteiger partial charge in [-0.1, -0.05) is 12.1 Å². The van der Waals surface area contributed by atoms with Crippen molar-refractivity contribution in [1.29, 1.82) is 0 Å². The summed E-state index contributed by atoms with van der Waals surface area (Å²) in [7, 11) is 0. The van der Waals surface area contributed by atoms with Gasteiger partial charge in [0.1, 0.15) is 5.75 Å². The van der Waals surface area contributed by atoms with Crippen molar-refractivity contribution in [3.63, 3.8) is 0 Å². The minimum absolute atomic E-state index is 0.167. The monoisotopic (exact) mass is 281 g/mol. The standard InChI is InChI=1S/C14H17F2N3O/c1-14(8-18-13(17)19(14)10-5-6-10)9-3-2-4-11(7-9)20-12(15)16/h2-4,7,10,12H,5-6,8H2,1H3,(H2,17,18). The van der Waals surface area contributed by atoms with Gasteiger partial charge in [0.05, 0.1) is 12.1 Å². The third kappa shape index (κ3) is 2.19. The fraction of sp³-hybridized carbons (Fsp3) is 0.500. The molecule has 2 aliphatic rings. The van der Waals surface area contributed by atoms with Crippen molar-refractivity contribution in [3.8, 4) is 5.75 Å². The van der Waals surface area contributed by atoms with Gasteiger partial charge in [-0.3, -0.25) is 4.99 Å². The molecular formula is C14H17F2N3O. The minimum atomic E-state index is -2.82. The quantitative estimate of drug-likeness (QED) is 0.921. The van der Waals surface area contributed by atoms with E-state index in [9.17, 15) is 8.78 Å². The van der Waals surface area contributed by atoms with E-state index in [1.54, 1.807) is 12.1 Å². The van der Waals surface area contributed by atoms with Gasteiger partial charge in [-0.2, -0.15) is 8.78 Å². The average molecular weight is 281 g/mol. The molecule has 4 nitrogen and oxygen atoms in total. The molecule has 6 heteroatoms. The molecule has 0 amide bonds. The fourth-order valence-corrected chi connectivity index (χ4v) is 2.80. The molecule has 3 rings (SSSR count). The number of ether oxygens (including phenoxy) is 1. The van der Waals surface area contributed by atoms with Gasteiger partial charge < -0.3 is 15.4 Å². The first-order valence-corrected chi connectivity index (χ1v) is 6.65. The van der Waals surface area contributed by atoms with E-state index >= 15 is 0 Å². The zero-order valence-electron chi connectivity index (χ0n) is 11.2. The molecule has 0 bridgehead atoms. The molecule has 0 spiro atoms. The van der Waals surface area contributed by atoms with E-state index in [0.29, 0.717) is 18.5 Å².